The number of hydrogen-bond acceptors (Lipinski definition) is 3. The molecule has 2 amide bonds. The minimum Gasteiger partial charge on any atom is -0.358 e. The number of fused-ring (bicyclic) bond motifs is 6. The Morgan fingerprint density at radius 2 is 1.85 bits per heavy atom. The van der Waals surface area contributed by atoms with Gasteiger partial charge in [-0.2, -0.15) is 0 Å². The van der Waals surface area contributed by atoms with E-state index in [1.165, 1.54) is 16.0 Å². The van der Waals surface area contributed by atoms with Gasteiger partial charge in [0.05, 0.1) is 11.8 Å². The van der Waals surface area contributed by atoms with Crippen LogP contribution in [-0.4, -0.2) is 53.8 Å². The zero-order chi connectivity index (χ0) is 22.1. The Labute approximate surface area is 211 Å². The highest BCUT2D eigenvalue weighted by atomic mass is 127. The van der Waals surface area contributed by atoms with Crippen LogP contribution in [0.2, 0.25) is 0 Å². The Balaban J connectivity index is 0.00000259. The third-order valence-corrected chi connectivity index (χ3v) is 6.99. The lowest BCUT2D eigenvalue weighted by Gasteiger charge is -2.17. The average Bonchev–Trinajstić information content (AvgIpc) is 3.55. The molecule has 1 aliphatic heterocycles. The van der Waals surface area contributed by atoms with Crippen molar-refractivity contribution in [2.45, 2.75) is 26.2 Å². The van der Waals surface area contributed by atoms with E-state index in [4.69, 9.17) is 0 Å². The quantitative estimate of drug-likeness (QED) is 0.116. The van der Waals surface area contributed by atoms with Crippen LogP contribution in [0.1, 0.15) is 25.5 Å². The van der Waals surface area contributed by atoms with Crippen molar-refractivity contribution in [3.63, 3.8) is 0 Å². The summed E-state index contributed by atoms with van der Waals surface area (Å²) in [6, 6.07) is 10.5. The fourth-order valence-corrected chi connectivity index (χ4v) is 5.53. The second-order valence-electron chi connectivity index (χ2n) is 9.00. The van der Waals surface area contributed by atoms with Crippen molar-refractivity contribution < 1.29 is 9.59 Å². The van der Waals surface area contributed by atoms with Crippen LogP contribution in [0.3, 0.4) is 0 Å². The van der Waals surface area contributed by atoms with Crippen LogP contribution < -0.4 is 10.6 Å². The summed E-state index contributed by atoms with van der Waals surface area (Å²) in [6.45, 7) is 4.61. The molecule has 2 heterocycles. The molecule has 33 heavy (non-hydrogen) atoms. The lowest BCUT2D eigenvalue weighted by atomic mass is 9.85. The van der Waals surface area contributed by atoms with E-state index < -0.39 is 0 Å². The van der Waals surface area contributed by atoms with Gasteiger partial charge in [0.25, 0.3) is 0 Å². The molecule has 176 valence electrons. The highest BCUT2D eigenvalue weighted by Gasteiger charge is 2.58. The number of hydrogen-bond donors (Lipinski definition) is 3. The number of aromatic nitrogens is 1. The summed E-state index contributed by atoms with van der Waals surface area (Å²) in [5.74, 6) is 1.15. The molecule has 2 aliphatic carbocycles. The van der Waals surface area contributed by atoms with Crippen molar-refractivity contribution >= 4 is 52.7 Å². The third-order valence-electron chi connectivity index (χ3n) is 6.99. The molecule has 2 bridgehead atoms. The van der Waals surface area contributed by atoms with Gasteiger partial charge in [0.2, 0.25) is 11.8 Å². The molecule has 3 N–H and O–H groups in total. The Hall–Kier alpha value is -2.36. The van der Waals surface area contributed by atoms with Crippen LogP contribution in [0.5, 0.6) is 0 Å². The van der Waals surface area contributed by atoms with E-state index in [9.17, 15) is 9.59 Å². The molecule has 2 fully saturated rings. The third kappa shape index (κ3) is 4.67. The summed E-state index contributed by atoms with van der Waals surface area (Å²) in [5.41, 5.74) is 2.34. The van der Waals surface area contributed by atoms with Crippen molar-refractivity contribution in [3.05, 3.63) is 48.2 Å². The minimum atomic E-state index is -0.107. The zero-order valence-electron chi connectivity index (χ0n) is 18.9. The van der Waals surface area contributed by atoms with Gasteiger partial charge in [-0.05, 0) is 49.1 Å². The van der Waals surface area contributed by atoms with E-state index in [1.807, 2.05) is 19.1 Å². The summed E-state index contributed by atoms with van der Waals surface area (Å²) in [6.07, 6.45) is 6.79. The molecule has 2 aromatic rings. The molecule has 5 rings (SSSR count). The predicted octanol–water partition coefficient (Wildman–Crippen LogP) is 3.08. The molecule has 0 spiro atoms. The average molecular weight is 561 g/mol. The Morgan fingerprint density at radius 1 is 1.12 bits per heavy atom. The number of carbonyl (C=O) groups excluding carboxylic acids is 2. The molecule has 4 unspecified atom stereocenters. The van der Waals surface area contributed by atoms with E-state index in [1.54, 1.807) is 0 Å². The SMILES string of the molecule is CCNC(=NCCCN1C(=O)C2C3C=CC(C3)C2C1=O)NCCc1cc2ccccc2[nH]1.I. The first-order valence-corrected chi connectivity index (χ1v) is 11.8. The number of imide groups is 1. The maximum absolute atomic E-state index is 12.8. The van der Waals surface area contributed by atoms with Crippen molar-refractivity contribution in [3.8, 4) is 0 Å². The topological polar surface area (TPSA) is 89.6 Å². The molecule has 3 aliphatic rings. The van der Waals surface area contributed by atoms with Crippen LogP contribution in [0.4, 0.5) is 0 Å². The van der Waals surface area contributed by atoms with Gasteiger partial charge in [-0.3, -0.25) is 19.5 Å². The molecule has 4 atom stereocenters. The van der Waals surface area contributed by atoms with Gasteiger partial charge in [-0.25, -0.2) is 0 Å². The molecule has 1 saturated carbocycles. The number of para-hydroxylation sites is 1. The molecule has 0 radical (unpaired) electrons. The maximum Gasteiger partial charge on any atom is 0.233 e. The van der Waals surface area contributed by atoms with Gasteiger partial charge >= 0.3 is 0 Å². The summed E-state index contributed by atoms with van der Waals surface area (Å²) in [7, 11) is 0. The summed E-state index contributed by atoms with van der Waals surface area (Å²) < 4.78 is 0. The molecular weight excluding hydrogens is 529 g/mol. The standard InChI is InChI=1S/C25H31N5O2.HI/c1-2-26-25(28-12-10-19-15-16-6-3-4-7-20(16)29-19)27-11-5-13-30-23(31)21-17-8-9-18(14-17)22(21)24(30)32;/h3-4,6-9,15,17-18,21-22,29H,2,5,10-14H2,1H3,(H2,26,27,28);1H. The number of carbonyl (C=O) groups is 2. The zero-order valence-corrected chi connectivity index (χ0v) is 21.3. The van der Waals surface area contributed by atoms with Crippen LogP contribution in [0.15, 0.2) is 47.5 Å². The van der Waals surface area contributed by atoms with Crippen LogP contribution in [0.25, 0.3) is 10.9 Å². The molecule has 1 saturated heterocycles. The number of amides is 2. The summed E-state index contributed by atoms with van der Waals surface area (Å²) in [5, 5.41) is 7.87. The number of rotatable bonds is 8. The fourth-order valence-electron chi connectivity index (χ4n) is 5.53. The number of guanidine groups is 1. The fraction of sp³-hybridized carbons (Fsp3) is 0.480. The van der Waals surface area contributed by atoms with E-state index in [0.717, 1.165) is 37.4 Å². The Bertz CT molecular complexity index is 1010. The largest absolute Gasteiger partial charge is 0.358 e. The minimum absolute atomic E-state index is 0. The van der Waals surface area contributed by atoms with E-state index >= 15 is 0 Å². The van der Waals surface area contributed by atoms with Gasteiger partial charge in [0.15, 0.2) is 5.96 Å². The number of aliphatic imine (C=N–C) groups is 1. The van der Waals surface area contributed by atoms with Gasteiger partial charge < -0.3 is 15.6 Å². The maximum atomic E-state index is 12.8. The lowest BCUT2D eigenvalue weighted by molar-refractivity contribution is -0.140. The van der Waals surface area contributed by atoms with Crippen LogP contribution in [-0.2, 0) is 16.0 Å². The van der Waals surface area contributed by atoms with Gasteiger partial charge in [-0.15, -0.1) is 24.0 Å². The van der Waals surface area contributed by atoms with Crippen molar-refractivity contribution in [2.75, 3.05) is 26.2 Å². The van der Waals surface area contributed by atoms with Gasteiger partial charge in [0.1, 0.15) is 0 Å². The number of likely N-dealkylation sites (tertiary alicyclic amines) is 1. The van der Waals surface area contributed by atoms with Crippen molar-refractivity contribution in [2.24, 2.45) is 28.7 Å². The van der Waals surface area contributed by atoms with Crippen LogP contribution >= 0.6 is 24.0 Å². The summed E-state index contributed by atoms with van der Waals surface area (Å²) in [4.78, 5) is 35.1. The number of benzene rings is 1. The molecule has 1 aromatic carbocycles. The van der Waals surface area contributed by atoms with Gasteiger partial charge in [-0.1, -0.05) is 30.4 Å². The normalized spacial score (nSPS) is 25.6. The predicted molar refractivity (Wildman–Crippen MR) is 140 cm³/mol. The first kappa shape index (κ1) is 23.8. The molecule has 7 nitrogen and oxygen atoms in total. The van der Waals surface area contributed by atoms with E-state index in [2.05, 4.69) is 51.0 Å². The second kappa shape index (κ2) is 10.3. The Kier molecular flexibility index (Phi) is 7.41. The highest BCUT2D eigenvalue weighted by Crippen LogP contribution is 2.52. The number of nitrogens with one attached hydrogen (secondary N) is 3. The first-order chi connectivity index (χ1) is 15.7. The summed E-state index contributed by atoms with van der Waals surface area (Å²) >= 11 is 0. The number of halogens is 1. The first-order valence-electron chi connectivity index (χ1n) is 11.8. The Morgan fingerprint density at radius 3 is 2.55 bits per heavy atom. The molecular formula is C25H32IN5O2. The highest BCUT2D eigenvalue weighted by molar-refractivity contribution is 14.0. The van der Waals surface area contributed by atoms with E-state index in [-0.39, 0.29) is 59.5 Å². The van der Waals surface area contributed by atoms with Gasteiger partial charge in [0, 0.05) is 43.8 Å². The number of aromatic amines is 1. The number of nitrogens with zero attached hydrogens (tertiary/aromatic N) is 2. The lowest BCUT2D eigenvalue weighted by Crippen LogP contribution is -2.38. The second-order valence-corrected chi connectivity index (χ2v) is 9.00. The number of H-pyrrole nitrogens is 1. The van der Waals surface area contributed by atoms with Crippen molar-refractivity contribution in [1.29, 1.82) is 0 Å². The van der Waals surface area contributed by atoms with Crippen molar-refractivity contribution in [1.82, 2.24) is 20.5 Å². The van der Waals surface area contributed by atoms with E-state index in [0.29, 0.717) is 19.5 Å². The smallest absolute Gasteiger partial charge is 0.233 e. The number of allylic oxidation sites excluding steroid dienone is 2. The monoisotopic (exact) mass is 561 g/mol. The molecule has 1 aromatic heterocycles. The van der Waals surface area contributed by atoms with Crippen LogP contribution in [0, 0.1) is 23.7 Å². The molecule has 8 heteroatoms.